The van der Waals surface area contributed by atoms with Gasteiger partial charge < -0.3 is 10.7 Å². The van der Waals surface area contributed by atoms with Crippen LogP contribution < -0.4 is 5.73 Å². The van der Waals surface area contributed by atoms with Crippen LogP contribution in [0.15, 0.2) is 24.3 Å². The number of halogens is 1. The lowest BCUT2D eigenvalue weighted by atomic mass is 10.1. The van der Waals surface area contributed by atoms with Crippen LogP contribution in [0.1, 0.15) is 5.56 Å². The number of H-pyrrole nitrogens is 1. The van der Waals surface area contributed by atoms with E-state index >= 15 is 0 Å². The summed E-state index contributed by atoms with van der Waals surface area (Å²) in [5, 5.41) is 8.38. The Hall–Kier alpha value is -1.04. The molecule has 2 aromatic rings. The van der Waals surface area contributed by atoms with Crippen molar-refractivity contribution in [3.05, 3.63) is 33.5 Å². The molecule has 3 nitrogen and oxygen atoms in total. The van der Waals surface area contributed by atoms with Crippen LogP contribution in [0.25, 0.3) is 10.9 Å². The SMILES string of the molecule is N=C(N)c1ccc2[nH]c(I)cc2c1. The van der Waals surface area contributed by atoms with Crippen LogP contribution in [0.5, 0.6) is 0 Å². The van der Waals surface area contributed by atoms with Gasteiger partial charge in [-0.25, -0.2) is 0 Å². The van der Waals surface area contributed by atoms with Crippen LogP contribution in [0.4, 0.5) is 0 Å². The molecule has 1 aromatic heterocycles. The van der Waals surface area contributed by atoms with Gasteiger partial charge in [0.1, 0.15) is 5.84 Å². The molecule has 2 rings (SSSR count). The molecule has 0 amide bonds. The lowest BCUT2D eigenvalue weighted by Crippen LogP contribution is -2.10. The fraction of sp³-hybridized carbons (Fsp3) is 0. The molecule has 0 spiro atoms. The highest BCUT2D eigenvalue weighted by Gasteiger charge is 2.01. The summed E-state index contributed by atoms with van der Waals surface area (Å²) in [7, 11) is 0. The number of benzene rings is 1. The van der Waals surface area contributed by atoms with E-state index in [0.717, 1.165) is 20.2 Å². The first-order chi connectivity index (χ1) is 6.16. The molecule has 0 unspecified atom stereocenters. The minimum absolute atomic E-state index is 0.109. The quantitative estimate of drug-likeness (QED) is 0.419. The van der Waals surface area contributed by atoms with Crippen molar-refractivity contribution in [2.45, 2.75) is 0 Å². The fourth-order valence-corrected chi connectivity index (χ4v) is 1.89. The molecule has 4 N–H and O–H groups in total. The lowest BCUT2D eigenvalue weighted by Gasteiger charge is -1.96. The third-order valence-electron chi connectivity index (χ3n) is 1.90. The number of nitrogens with one attached hydrogen (secondary N) is 2. The van der Waals surface area contributed by atoms with E-state index in [1.807, 2.05) is 24.3 Å². The Labute approximate surface area is 89.0 Å². The van der Waals surface area contributed by atoms with Gasteiger partial charge in [0.25, 0.3) is 0 Å². The zero-order valence-corrected chi connectivity index (χ0v) is 8.92. The summed E-state index contributed by atoms with van der Waals surface area (Å²) in [6.07, 6.45) is 0. The monoisotopic (exact) mass is 285 g/mol. The molecule has 0 radical (unpaired) electrons. The topological polar surface area (TPSA) is 65.7 Å². The molecule has 0 saturated heterocycles. The highest BCUT2D eigenvalue weighted by atomic mass is 127. The maximum absolute atomic E-state index is 7.28. The van der Waals surface area contributed by atoms with Crippen LogP contribution in [-0.2, 0) is 0 Å². The summed E-state index contributed by atoms with van der Waals surface area (Å²) in [5.74, 6) is 0.109. The lowest BCUT2D eigenvalue weighted by molar-refractivity contribution is 1.40. The Morgan fingerprint density at radius 2 is 2.15 bits per heavy atom. The van der Waals surface area contributed by atoms with Gasteiger partial charge >= 0.3 is 0 Å². The molecule has 1 heterocycles. The van der Waals surface area contributed by atoms with Gasteiger partial charge in [-0.2, -0.15) is 0 Å². The number of amidine groups is 1. The summed E-state index contributed by atoms with van der Waals surface area (Å²) in [6, 6.07) is 7.73. The van der Waals surface area contributed by atoms with Crippen LogP contribution in [0.2, 0.25) is 0 Å². The van der Waals surface area contributed by atoms with E-state index in [-0.39, 0.29) is 5.84 Å². The summed E-state index contributed by atoms with van der Waals surface area (Å²) in [5.41, 5.74) is 7.23. The highest BCUT2D eigenvalue weighted by molar-refractivity contribution is 14.1. The van der Waals surface area contributed by atoms with Gasteiger partial charge in [0.2, 0.25) is 0 Å². The maximum atomic E-state index is 7.28. The van der Waals surface area contributed by atoms with Crippen molar-refractivity contribution in [3.8, 4) is 0 Å². The molecule has 0 saturated carbocycles. The molecule has 0 fully saturated rings. The van der Waals surface area contributed by atoms with Gasteiger partial charge in [0, 0.05) is 16.5 Å². The number of rotatable bonds is 1. The molecule has 13 heavy (non-hydrogen) atoms. The van der Waals surface area contributed by atoms with Gasteiger partial charge in [-0.15, -0.1) is 0 Å². The molecule has 0 aliphatic carbocycles. The summed E-state index contributed by atoms with van der Waals surface area (Å²) in [4.78, 5) is 3.20. The highest BCUT2D eigenvalue weighted by Crippen LogP contribution is 2.17. The summed E-state index contributed by atoms with van der Waals surface area (Å²) in [6.45, 7) is 0. The van der Waals surface area contributed by atoms with Gasteiger partial charge in [-0.05, 0) is 46.9 Å². The van der Waals surface area contributed by atoms with Gasteiger partial charge in [-0.1, -0.05) is 0 Å². The van der Waals surface area contributed by atoms with Crippen LogP contribution in [0.3, 0.4) is 0 Å². The second-order valence-electron chi connectivity index (χ2n) is 2.83. The van der Waals surface area contributed by atoms with E-state index in [4.69, 9.17) is 11.1 Å². The Bertz CT molecular complexity index is 473. The van der Waals surface area contributed by atoms with Crippen molar-refractivity contribution in [3.63, 3.8) is 0 Å². The minimum atomic E-state index is 0.109. The second-order valence-corrected chi connectivity index (χ2v) is 4.00. The second kappa shape index (κ2) is 3.02. The standard InChI is InChI=1S/C9H8IN3/c10-8-4-6-3-5(9(11)12)1-2-7(6)13-8/h1-4,13H,(H3,11,12). The smallest absolute Gasteiger partial charge is 0.122 e. The zero-order valence-electron chi connectivity index (χ0n) is 6.76. The minimum Gasteiger partial charge on any atom is -0.384 e. The first-order valence-corrected chi connectivity index (χ1v) is 4.87. The molecule has 66 valence electrons. The number of nitrogen functional groups attached to an aromatic ring is 1. The Morgan fingerprint density at radius 1 is 1.38 bits per heavy atom. The van der Waals surface area contributed by atoms with Crippen molar-refractivity contribution in [2.24, 2.45) is 5.73 Å². The number of aromatic nitrogens is 1. The van der Waals surface area contributed by atoms with Gasteiger partial charge in [0.05, 0.1) is 3.70 Å². The molecular weight excluding hydrogens is 277 g/mol. The Kier molecular flexibility index (Phi) is 1.99. The molecule has 0 bridgehead atoms. The van der Waals surface area contributed by atoms with E-state index < -0.39 is 0 Å². The number of fused-ring (bicyclic) bond motifs is 1. The predicted molar refractivity (Wildman–Crippen MR) is 62.0 cm³/mol. The third kappa shape index (κ3) is 1.53. The largest absolute Gasteiger partial charge is 0.384 e. The molecule has 1 aromatic carbocycles. The zero-order chi connectivity index (χ0) is 9.42. The van der Waals surface area contributed by atoms with Crippen LogP contribution in [0, 0.1) is 9.11 Å². The maximum Gasteiger partial charge on any atom is 0.122 e. The van der Waals surface area contributed by atoms with Crippen molar-refractivity contribution in [1.82, 2.24) is 4.98 Å². The predicted octanol–water partition coefficient (Wildman–Crippen LogP) is 2.06. The van der Waals surface area contributed by atoms with Gasteiger partial charge in [0.15, 0.2) is 0 Å². The number of hydrogen-bond donors (Lipinski definition) is 3. The Morgan fingerprint density at radius 3 is 2.85 bits per heavy atom. The van der Waals surface area contributed by atoms with E-state index in [1.165, 1.54) is 0 Å². The Balaban J connectivity index is 2.67. The average Bonchev–Trinajstić information content (AvgIpc) is 2.42. The molecule has 4 heteroatoms. The van der Waals surface area contributed by atoms with E-state index in [2.05, 4.69) is 27.6 Å². The summed E-state index contributed by atoms with van der Waals surface area (Å²) < 4.78 is 1.09. The molecular formula is C9H8IN3. The molecule has 0 aliphatic rings. The first kappa shape index (κ1) is 8.55. The number of nitrogens with two attached hydrogens (primary N) is 1. The van der Waals surface area contributed by atoms with Gasteiger partial charge in [-0.3, -0.25) is 5.41 Å². The van der Waals surface area contributed by atoms with E-state index in [0.29, 0.717) is 0 Å². The summed E-state index contributed by atoms with van der Waals surface area (Å²) >= 11 is 2.22. The van der Waals surface area contributed by atoms with Crippen molar-refractivity contribution < 1.29 is 0 Å². The van der Waals surface area contributed by atoms with Crippen molar-refractivity contribution in [1.29, 1.82) is 5.41 Å². The first-order valence-electron chi connectivity index (χ1n) is 3.79. The number of aromatic amines is 1. The van der Waals surface area contributed by atoms with E-state index in [1.54, 1.807) is 0 Å². The number of hydrogen-bond acceptors (Lipinski definition) is 1. The average molecular weight is 285 g/mol. The van der Waals surface area contributed by atoms with E-state index in [9.17, 15) is 0 Å². The van der Waals surface area contributed by atoms with Crippen LogP contribution >= 0.6 is 22.6 Å². The fourth-order valence-electron chi connectivity index (χ4n) is 1.26. The molecule has 0 atom stereocenters. The van der Waals surface area contributed by atoms with Crippen molar-refractivity contribution >= 4 is 39.3 Å². The molecule has 0 aliphatic heterocycles. The van der Waals surface area contributed by atoms with Crippen LogP contribution in [-0.4, -0.2) is 10.8 Å². The normalized spacial score (nSPS) is 10.5. The third-order valence-corrected chi connectivity index (χ3v) is 2.48. The van der Waals surface area contributed by atoms with Crippen molar-refractivity contribution in [2.75, 3.05) is 0 Å².